The Morgan fingerprint density at radius 3 is 2.95 bits per heavy atom. The molecule has 0 radical (unpaired) electrons. The number of rotatable bonds is 5. The highest BCUT2D eigenvalue weighted by Crippen LogP contribution is 2.16. The minimum atomic E-state index is -3.66. The van der Waals surface area contributed by atoms with Crippen LogP contribution in [0, 0.1) is 5.92 Å². The van der Waals surface area contributed by atoms with E-state index in [1.165, 1.54) is 12.1 Å². The van der Waals surface area contributed by atoms with Crippen molar-refractivity contribution in [2.75, 3.05) is 26.7 Å². The van der Waals surface area contributed by atoms with Gasteiger partial charge in [0.05, 0.1) is 0 Å². The second-order valence-electron chi connectivity index (χ2n) is 4.90. The molecule has 19 heavy (non-hydrogen) atoms. The maximum atomic E-state index is 12.0. The molecule has 0 aromatic carbocycles. The molecule has 0 aliphatic carbocycles. The molecule has 1 N–H and O–H groups in total. The van der Waals surface area contributed by atoms with Gasteiger partial charge in [-0.15, -0.1) is 0 Å². The molecule has 0 amide bonds. The van der Waals surface area contributed by atoms with Gasteiger partial charge >= 0.3 is 0 Å². The zero-order valence-corrected chi connectivity index (χ0v) is 11.6. The maximum absolute atomic E-state index is 12.0. The first-order valence-electron chi connectivity index (χ1n) is 6.24. The van der Waals surface area contributed by atoms with Crippen molar-refractivity contribution >= 4 is 16.3 Å². The van der Waals surface area contributed by atoms with Crippen LogP contribution in [-0.2, 0) is 10.0 Å². The van der Waals surface area contributed by atoms with Gasteiger partial charge in [-0.25, -0.2) is 13.1 Å². The van der Waals surface area contributed by atoms with E-state index in [0.717, 1.165) is 25.9 Å². The third kappa shape index (κ3) is 3.65. The number of nitrogens with zero attached hydrogens (tertiary/aromatic N) is 1. The second kappa shape index (κ2) is 5.85. The van der Waals surface area contributed by atoms with E-state index in [-0.39, 0.29) is 10.9 Å². The van der Waals surface area contributed by atoms with Crippen molar-refractivity contribution in [2.24, 2.45) is 5.92 Å². The van der Waals surface area contributed by atoms with Crippen LogP contribution in [0.3, 0.4) is 0 Å². The van der Waals surface area contributed by atoms with Crippen LogP contribution in [0.25, 0.3) is 0 Å². The summed E-state index contributed by atoms with van der Waals surface area (Å²) in [5, 5.41) is -0.209. The van der Waals surface area contributed by atoms with Crippen molar-refractivity contribution in [3.63, 3.8) is 0 Å². The molecule has 1 aliphatic rings. The van der Waals surface area contributed by atoms with Crippen molar-refractivity contribution in [1.29, 1.82) is 0 Å². The molecule has 2 heterocycles. The Morgan fingerprint density at radius 2 is 2.32 bits per heavy atom. The van der Waals surface area contributed by atoms with Gasteiger partial charge in [0.15, 0.2) is 12.0 Å². The first-order valence-corrected chi connectivity index (χ1v) is 7.73. The highest BCUT2D eigenvalue weighted by molar-refractivity contribution is 7.89. The first kappa shape index (κ1) is 14.2. The number of nitrogens with one attached hydrogen (secondary N) is 1. The average molecular weight is 286 g/mol. The molecule has 1 fully saturated rings. The lowest BCUT2D eigenvalue weighted by molar-refractivity contribution is 0.109. The Morgan fingerprint density at radius 1 is 1.53 bits per heavy atom. The fraction of sp³-hybridized carbons (Fsp3) is 0.583. The smallest absolute Gasteiger partial charge is 0.273 e. The zero-order chi connectivity index (χ0) is 13.9. The number of sulfonamides is 1. The van der Waals surface area contributed by atoms with E-state index < -0.39 is 10.0 Å². The molecule has 0 bridgehead atoms. The summed E-state index contributed by atoms with van der Waals surface area (Å²) in [7, 11) is -1.63. The molecule has 2 rings (SSSR count). The monoisotopic (exact) mass is 286 g/mol. The minimum absolute atomic E-state index is 0.0118. The van der Waals surface area contributed by atoms with Gasteiger partial charge in [0.2, 0.25) is 5.09 Å². The van der Waals surface area contributed by atoms with Gasteiger partial charge in [0, 0.05) is 13.1 Å². The van der Waals surface area contributed by atoms with E-state index in [2.05, 4.69) is 9.62 Å². The van der Waals surface area contributed by atoms with Gasteiger partial charge in [-0.2, -0.15) is 0 Å². The summed E-state index contributed by atoms with van der Waals surface area (Å²) >= 11 is 0. The average Bonchev–Trinajstić information content (AvgIpc) is 2.86. The summed E-state index contributed by atoms with van der Waals surface area (Å²) in [6.07, 6.45) is 2.58. The minimum Gasteiger partial charge on any atom is -0.440 e. The largest absolute Gasteiger partial charge is 0.440 e. The van der Waals surface area contributed by atoms with E-state index in [4.69, 9.17) is 4.42 Å². The van der Waals surface area contributed by atoms with Gasteiger partial charge in [-0.05, 0) is 44.5 Å². The van der Waals surface area contributed by atoms with Crippen molar-refractivity contribution in [2.45, 2.75) is 17.9 Å². The number of furan rings is 1. The Kier molecular flexibility index (Phi) is 4.38. The Labute approximate surface area is 112 Å². The maximum Gasteiger partial charge on any atom is 0.273 e. The lowest BCUT2D eigenvalue weighted by atomic mass is 9.99. The summed E-state index contributed by atoms with van der Waals surface area (Å²) in [5.41, 5.74) is 0. The summed E-state index contributed by atoms with van der Waals surface area (Å²) in [6, 6.07) is 2.63. The predicted octanol–water partition coefficient (Wildman–Crippen LogP) is 0.712. The standard InChI is InChI=1S/C12H18N2O4S/c1-14-6-2-3-10(8-14)7-13-19(16,17)12-5-4-11(9-15)18-12/h4-5,9-10,13H,2-3,6-8H2,1H3. The summed E-state index contributed by atoms with van der Waals surface area (Å²) in [5.74, 6) is 0.326. The van der Waals surface area contributed by atoms with Crippen LogP contribution in [0.4, 0.5) is 0 Å². The van der Waals surface area contributed by atoms with Gasteiger partial charge in [0.1, 0.15) is 0 Å². The second-order valence-corrected chi connectivity index (χ2v) is 6.59. The van der Waals surface area contributed by atoms with E-state index in [1.54, 1.807) is 0 Å². The number of hydrogen-bond acceptors (Lipinski definition) is 5. The number of carbonyl (C=O) groups excluding carboxylic acids is 1. The third-order valence-corrected chi connectivity index (χ3v) is 4.56. The van der Waals surface area contributed by atoms with Gasteiger partial charge in [-0.1, -0.05) is 0 Å². The van der Waals surface area contributed by atoms with Crippen LogP contribution in [0.5, 0.6) is 0 Å². The van der Waals surface area contributed by atoms with E-state index in [1.807, 2.05) is 7.05 Å². The molecule has 6 nitrogen and oxygen atoms in total. The molecule has 0 spiro atoms. The van der Waals surface area contributed by atoms with Crippen LogP contribution in [0.2, 0.25) is 0 Å². The summed E-state index contributed by atoms with van der Waals surface area (Å²) in [4.78, 5) is 12.7. The third-order valence-electron chi connectivity index (χ3n) is 3.27. The number of hydrogen-bond donors (Lipinski definition) is 1. The molecule has 1 aromatic heterocycles. The van der Waals surface area contributed by atoms with Gasteiger partial charge in [0.25, 0.3) is 10.0 Å². The summed E-state index contributed by atoms with van der Waals surface area (Å²) in [6.45, 7) is 2.34. The van der Waals surface area contributed by atoms with Crippen molar-refractivity contribution in [3.8, 4) is 0 Å². The Hall–Kier alpha value is -1.18. The van der Waals surface area contributed by atoms with Crippen molar-refractivity contribution in [1.82, 2.24) is 9.62 Å². The highest BCUT2D eigenvalue weighted by atomic mass is 32.2. The van der Waals surface area contributed by atoms with Crippen LogP contribution in [0.1, 0.15) is 23.4 Å². The molecule has 1 aliphatic heterocycles. The molecule has 1 atom stereocenters. The molecular formula is C12H18N2O4S. The Balaban J connectivity index is 1.95. The van der Waals surface area contributed by atoms with E-state index in [9.17, 15) is 13.2 Å². The van der Waals surface area contributed by atoms with Gasteiger partial charge < -0.3 is 9.32 Å². The fourth-order valence-corrected chi connectivity index (χ4v) is 3.33. The molecular weight excluding hydrogens is 268 g/mol. The molecule has 106 valence electrons. The lowest BCUT2D eigenvalue weighted by Gasteiger charge is -2.29. The number of piperidine rings is 1. The molecule has 1 aromatic rings. The van der Waals surface area contributed by atoms with Crippen LogP contribution in [0.15, 0.2) is 21.6 Å². The normalized spacial score (nSPS) is 21.4. The lowest BCUT2D eigenvalue weighted by Crippen LogP contribution is -2.39. The topological polar surface area (TPSA) is 79.6 Å². The van der Waals surface area contributed by atoms with Gasteiger partial charge in [-0.3, -0.25) is 4.79 Å². The quantitative estimate of drug-likeness (QED) is 0.807. The van der Waals surface area contributed by atoms with Crippen molar-refractivity contribution < 1.29 is 17.6 Å². The number of carbonyl (C=O) groups is 1. The SMILES string of the molecule is CN1CCCC(CNS(=O)(=O)c2ccc(C=O)o2)C1. The molecule has 1 saturated heterocycles. The highest BCUT2D eigenvalue weighted by Gasteiger charge is 2.22. The van der Waals surface area contributed by atoms with Crippen LogP contribution in [-0.4, -0.2) is 46.3 Å². The number of aldehydes is 1. The zero-order valence-electron chi connectivity index (χ0n) is 10.8. The van der Waals surface area contributed by atoms with Crippen LogP contribution < -0.4 is 4.72 Å². The van der Waals surface area contributed by atoms with E-state index in [0.29, 0.717) is 18.7 Å². The fourth-order valence-electron chi connectivity index (χ4n) is 2.28. The van der Waals surface area contributed by atoms with Crippen molar-refractivity contribution in [3.05, 3.63) is 17.9 Å². The Bertz CT molecular complexity index is 538. The molecule has 1 unspecified atom stereocenters. The molecule has 7 heteroatoms. The molecule has 0 saturated carbocycles. The summed E-state index contributed by atoms with van der Waals surface area (Å²) < 4.78 is 31.4. The van der Waals surface area contributed by atoms with E-state index >= 15 is 0 Å². The predicted molar refractivity (Wildman–Crippen MR) is 69.5 cm³/mol. The van der Waals surface area contributed by atoms with Crippen LogP contribution >= 0.6 is 0 Å². The first-order chi connectivity index (χ1) is 9.01. The number of likely N-dealkylation sites (tertiary alicyclic amines) is 1.